The van der Waals surface area contributed by atoms with Crippen LogP contribution in [0.15, 0.2) is 30.3 Å². The van der Waals surface area contributed by atoms with Gasteiger partial charge in [-0.25, -0.2) is 0 Å². The van der Waals surface area contributed by atoms with Crippen LogP contribution in [0.25, 0.3) is 0 Å². The van der Waals surface area contributed by atoms with Crippen molar-refractivity contribution in [3.8, 4) is 0 Å². The minimum atomic E-state index is -0.138. The number of hydrogen-bond donors (Lipinski definition) is 1. The smallest absolute Gasteiger partial charge is 0.0585 e. The van der Waals surface area contributed by atoms with Crippen LogP contribution in [0.4, 0.5) is 0 Å². The van der Waals surface area contributed by atoms with E-state index in [-0.39, 0.29) is 12.0 Å². The SMILES string of the molecule is OC[C@]1(c2ccccc2)CCOC1. The highest BCUT2D eigenvalue weighted by Gasteiger charge is 2.35. The molecule has 0 amide bonds. The lowest BCUT2D eigenvalue weighted by molar-refractivity contribution is 0.140. The third-order valence-corrected chi connectivity index (χ3v) is 2.79. The van der Waals surface area contributed by atoms with Gasteiger partial charge in [-0.1, -0.05) is 30.3 Å². The largest absolute Gasteiger partial charge is 0.395 e. The summed E-state index contributed by atoms with van der Waals surface area (Å²) in [6, 6.07) is 10.1. The molecule has 1 N–H and O–H groups in total. The van der Waals surface area contributed by atoms with Crippen molar-refractivity contribution in [2.45, 2.75) is 11.8 Å². The van der Waals surface area contributed by atoms with Crippen LogP contribution in [0.1, 0.15) is 12.0 Å². The van der Waals surface area contributed by atoms with E-state index in [0.717, 1.165) is 13.0 Å². The van der Waals surface area contributed by atoms with Crippen molar-refractivity contribution in [3.05, 3.63) is 35.9 Å². The van der Waals surface area contributed by atoms with Crippen LogP contribution >= 0.6 is 0 Å². The molecule has 0 saturated carbocycles. The molecule has 1 saturated heterocycles. The topological polar surface area (TPSA) is 29.5 Å². The van der Waals surface area contributed by atoms with Gasteiger partial charge < -0.3 is 9.84 Å². The summed E-state index contributed by atoms with van der Waals surface area (Å²) in [5.41, 5.74) is 1.05. The van der Waals surface area contributed by atoms with Crippen LogP contribution in [0, 0.1) is 0 Å². The van der Waals surface area contributed by atoms with Crippen LogP contribution in [-0.2, 0) is 10.2 Å². The molecule has 0 bridgehead atoms. The lowest BCUT2D eigenvalue weighted by atomic mass is 9.81. The van der Waals surface area contributed by atoms with Crippen LogP contribution < -0.4 is 0 Å². The molecule has 0 radical (unpaired) electrons. The van der Waals surface area contributed by atoms with Crippen molar-refractivity contribution >= 4 is 0 Å². The van der Waals surface area contributed by atoms with Crippen molar-refractivity contribution in [1.29, 1.82) is 0 Å². The van der Waals surface area contributed by atoms with E-state index >= 15 is 0 Å². The molecule has 1 aliphatic rings. The predicted octanol–water partition coefficient (Wildman–Crippen LogP) is 1.34. The number of rotatable bonds is 2. The van der Waals surface area contributed by atoms with Gasteiger partial charge in [-0.05, 0) is 12.0 Å². The first kappa shape index (κ1) is 8.73. The highest BCUT2D eigenvalue weighted by Crippen LogP contribution is 2.32. The first-order valence-corrected chi connectivity index (χ1v) is 4.61. The zero-order chi connectivity index (χ0) is 9.15. The van der Waals surface area contributed by atoms with Crippen LogP contribution in [0.2, 0.25) is 0 Å². The molecule has 2 nitrogen and oxygen atoms in total. The van der Waals surface area contributed by atoms with Gasteiger partial charge in [-0.15, -0.1) is 0 Å². The first-order chi connectivity index (χ1) is 6.37. The Hall–Kier alpha value is -0.860. The lowest BCUT2D eigenvalue weighted by Crippen LogP contribution is -2.30. The number of aliphatic hydroxyl groups excluding tert-OH is 1. The Labute approximate surface area is 78.2 Å². The number of hydrogen-bond acceptors (Lipinski definition) is 2. The lowest BCUT2D eigenvalue weighted by Gasteiger charge is -2.24. The molecule has 1 aliphatic heterocycles. The Kier molecular flexibility index (Phi) is 2.34. The fraction of sp³-hybridized carbons (Fsp3) is 0.455. The van der Waals surface area contributed by atoms with Crippen LogP contribution in [0.5, 0.6) is 0 Å². The van der Waals surface area contributed by atoms with Gasteiger partial charge >= 0.3 is 0 Å². The van der Waals surface area contributed by atoms with E-state index in [2.05, 4.69) is 12.1 Å². The predicted molar refractivity (Wildman–Crippen MR) is 50.6 cm³/mol. The van der Waals surface area contributed by atoms with E-state index in [1.165, 1.54) is 5.56 Å². The molecule has 70 valence electrons. The van der Waals surface area contributed by atoms with Gasteiger partial charge in [0.15, 0.2) is 0 Å². The number of benzene rings is 1. The molecule has 0 aromatic heterocycles. The van der Waals surface area contributed by atoms with Gasteiger partial charge in [0.1, 0.15) is 0 Å². The van der Waals surface area contributed by atoms with E-state index in [4.69, 9.17) is 4.74 Å². The Morgan fingerprint density at radius 1 is 1.31 bits per heavy atom. The normalized spacial score (nSPS) is 27.8. The molecular weight excluding hydrogens is 164 g/mol. The van der Waals surface area contributed by atoms with Crippen molar-refractivity contribution in [2.75, 3.05) is 19.8 Å². The minimum absolute atomic E-state index is 0.138. The van der Waals surface area contributed by atoms with Gasteiger partial charge in [0, 0.05) is 12.0 Å². The first-order valence-electron chi connectivity index (χ1n) is 4.61. The maximum Gasteiger partial charge on any atom is 0.0585 e. The molecule has 0 spiro atoms. The second kappa shape index (κ2) is 3.48. The second-order valence-electron chi connectivity index (χ2n) is 3.61. The molecule has 1 heterocycles. The van der Waals surface area contributed by atoms with Crippen molar-refractivity contribution in [3.63, 3.8) is 0 Å². The molecule has 2 heteroatoms. The molecule has 0 aliphatic carbocycles. The molecule has 1 atom stereocenters. The fourth-order valence-electron chi connectivity index (χ4n) is 1.84. The quantitative estimate of drug-likeness (QED) is 0.740. The third-order valence-electron chi connectivity index (χ3n) is 2.79. The summed E-state index contributed by atoms with van der Waals surface area (Å²) in [7, 11) is 0. The molecule has 1 aromatic carbocycles. The average Bonchev–Trinajstić information content (AvgIpc) is 2.69. The Bertz CT molecular complexity index is 263. The zero-order valence-electron chi connectivity index (χ0n) is 7.57. The van der Waals surface area contributed by atoms with Crippen molar-refractivity contribution in [2.24, 2.45) is 0 Å². The van der Waals surface area contributed by atoms with Gasteiger partial charge in [-0.3, -0.25) is 0 Å². The summed E-state index contributed by atoms with van der Waals surface area (Å²) < 4.78 is 5.35. The maximum atomic E-state index is 9.39. The summed E-state index contributed by atoms with van der Waals surface area (Å²) in [4.78, 5) is 0. The highest BCUT2D eigenvalue weighted by atomic mass is 16.5. The van der Waals surface area contributed by atoms with E-state index < -0.39 is 0 Å². The summed E-state index contributed by atoms with van der Waals surface area (Å²) in [6.45, 7) is 1.58. The molecule has 13 heavy (non-hydrogen) atoms. The Balaban J connectivity index is 2.31. The Morgan fingerprint density at radius 3 is 2.62 bits per heavy atom. The summed E-state index contributed by atoms with van der Waals surface area (Å²) in [6.07, 6.45) is 0.924. The summed E-state index contributed by atoms with van der Waals surface area (Å²) in [5.74, 6) is 0. The molecule has 1 aromatic rings. The molecule has 0 unspecified atom stereocenters. The standard InChI is InChI=1S/C11H14O2/c12-8-11(6-7-13-9-11)10-4-2-1-3-5-10/h1-5,12H,6-9H2/t11-/m1/s1. The molecule has 1 fully saturated rings. The third kappa shape index (κ3) is 1.47. The maximum absolute atomic E-state index is 9.39. The summed E-state index contributed by atoms with van der Waals surface area (Å²) >= 11 is 0. The van der Waals surface area contributed by atoms with Crippen LogP contribution in [0.3, 0.4) is 0 Å². The monoisotopic (exact) mass is 178 g/mol. The van der Waals surface area contributed by atoms with Gasteiger partial charge in [-0.2, -0.15) is 0 Å². The fourth-order valence-corrected chi connectivity index (χ4v) is 1.84. The number of aliphatic hydroxyl groups is 1. The Morgan fingerprint density at radius 2 is 2.08 bits per heavy atom. The zero-order valence-corrected chi connectivity index (χ0v) is 7.57. The molecular formula is C11H14O2. The van der Waals surface area contributed by atoms with Crippen molar-refractivity contribution < 1.29 is 9.84 Å². The number of ether oxygens (including phenoxy) is 1. The summed E-state index contributed by atoms with van der Waals surface area (Å²) in [5, 5.41) is 9.39. The van der Waals surface area contributed by atoms with Gasteiger partial charge in [0.2, 0.25) is 0 Å². The average molecular weight is 178 g/mol. The second-order valence-corrected chi connectivity index (χ2v) is 3.61. The van der Waals surface area contributed by atoms with E-state index in [9.17, 15) is 5.11 Å². The van der Waals surface area contributed by atoms with Crippen molar-refractivity contribution in [1.82, 2.24) is 0 Å². The van der Waals surface area contributed by atoms with Gasteiger partial charge in [0.05, 0.1) is 13.2 Å². The van der Waals surface area contributed by atoms with E-state index in [1.807, 2.05) is 18.2 Å². The molecule has 2 rings (SSSR count). The van der Waals surface area contributed by atoms with E-state index in [1.54, 1.807) is 0 Å². The van der Waals surface area contributed by atoms with E-state index in [0.29, 0.717) is 6.61 Å². The van der Waals surface area contributed by atoms with Crippen LogP contribution in [-0.4, -0.2) is 24.9 Å². The van der Waals surface area contributed by atoms with Gasteiger partial charge in [0.25, 0.3) is 0 Å². The highest BCUT2D eigenvalue weighted by molar-refractivity contribution is 5.26. The minimum Gasteiger partial charge on any atom is -0.395 e.